The summed E-state index contributed by atoms with van der Waals surface area (Å²) in [6, 6.07) is 18.7. The van der Waals surface area contributed by atoms with Crippen LogP contribution in [-0.2, 0) is 0 Å². The van der Waals surface area contributed by atoms with Crippen molar-refractivity contribution in [1.82, 2.24) is 9.97 Å². The maximum absolute atomic E-state index is 13.1. The highest BCUT2D eigenvalue weighted by molar-refractivity contribution is 7.21. The van der Waals surface area contributed by atoms with Crippen molar-refractivity contribution in [2.75, 3.05) is 16.8 Å². The van der Waals surface area contributed by atoms with Crippen molar-refractivity contribution in [3.05, 3.63) is 75.4 Å². The lowest BCUT2D eigenvalue weighted by atomic mass is 9.97. The molecule has 34 heavy (non-hydrogen) atoms. The van der Waals surface area contributed by atoms with Gasteiger partial charge in [-0.3, -0.25) is 10.1 Å². The van der Waals surface area contributed by atoms with Crippen LogP contribution in [0.25, 0.3) is 32.6 Å². The number of carbonyl (C=O) groups is 1. The van der Waals surface area contributed by atoms with Gasteiger partial charge in [-0.15, -0.1) is 22.7 Å². The van der Waals surface area contributed by atoms with E-state index < -0.39 is 5.91 Å². The summed E-state index contributed by atoms with van der Waals surface area (Å²) >= 11 is 8.38. The third kappa shape index (κ3) is 3.84. The number of nitriles is 1. The molecule has 7 nitrogen and oxygen atoms in total. The summed E-state index contributed by atoms with van der Waals surface area (Å²) in [5.74, 6) is -0.316. The molecule has 0 aliphatic heterocycles. The molecule has 1 amide bonds. The van der Waals surface area contributed by atoms with Crippen LogP contribution in [0.5, 0.6) is 0 Å². The number of hydrogen-bond acceptors (Lipinski definition) is 8. The lowest BCUT2D eigenvalue weighted by molar-refractivity contribution is 0.103. The van der Waals surface area contributed by atoms with E-state index in [0.29, 0.717) is 25.9 Å². The first-order valence-electron chi connectivity index (χ1n) is 9.96. The Morgan fingerprint density at radius 3 is 2.47 bits per heavy atom. The Kier molecular flexibility index (Phi) is 5.63. The second-order valence-electron chi connectivity index (χ2n) is 7.25. The van der Waals surface area contributed by atoms with E-state index in [2.05, 4.69) is 21.4 Å². The Labute approximate surface area is 207 Å². The van der Waals surface area contributed by atoms with Gasteiger partial charge in [-0.2, -0.15) is 5.26 Å². The molecule has 3 aromatic heterocycles. The number of halogens is 1. The van der Waals surface area contributed by atoms with Crippen molar-refractivity contribution in [3.8, 4) is 28.5 Å². The number of hydrogen-bond donors (Lipinski definition) is 3. The van der Waals surface area contributed by atoms with Crippen LogP contribution >= 0.6 is 34.3 Å². The minimum atomic E-state index is -0.409. The fraction of sp³-hybridized carbons (Fsp3) is 0. The number of nitrogens with two attached hydrogens (primary N) is 2. The van der Waals surface area contributed by atoms with Crippen molar-refractivity contribution in [1.29, 1.82) is 5.26 Å². The maximum Gasteiger partial charge on any atom is 0.269 e. The normalized spacial score (nSPS) is 10.8. The molecule has 2 aromatic carbocycles. The second-order valence-corrected chi connectivity index (χ2v) is 9.54. The van der Waals surface area contributed by atoms with Gasteiger partial charge in [0.15, 0.2) is 5.13 Å². The van der Waals surface area contributed by atoms with Gasteiger partial charge in [0.05, 0.1) is 11.4 Å². The fourth-order valence-corrected chi connectivity index (χ4v) is 5.43. The van der Waals surface area contributed by atoms with Crippen LogP contribution in [0.2, 0.25) is 5.02 Å². The number of fused-ring (bicyclic) bond motifs is 1. The number of thiazole rings is 1. The predicted octanol–water partition coefficient (Wildman–Crippen LogP) is 6.03. The molecule has 0 saturated carbocycles. The molecule has 0 saturated heterocycles. The molecule has 0 spiro atoms. The maximum atomic E-state index is 13.1. The van der Waals surface area contributed by atoms with E-state index in [1.54, 1.807) is 12.1 Å². The van der Waals surface area contributed by atoms with E-state index >= 15 is 0 Å². The van der Waals surface area contributed by atoms with Crippen LogP contribution in [0.4, 0.5) is 16.6 Å². The third-order valence-electron chi connectivity index (χ3n) is 5.15. The van der Waals surface area contributed by atoms with Crippen LogP contribution in [0.3, 0.4) is 0 Å². The van der Waals surface area contributed by atoms with Crippen molar-refractivity contribution in [2.24, 2.45) is 0 Å². The molecular weight excluding hydrogens is 488 g/mol. The van der Waals surface area contributed by atoms with Gasteiger partial charge >= 0.3 is 0 Å². The van der Waals surface area contributed by atoms with E-state index in [1.807, 2.05) is 47.8 Å². The number of nitrogens with one attached hydrogen (secondary N) is 1. The number of amides is 1. The van der Waals surface area contributed by atoms with Gasteiger partial charge < -0.3 is 11.5 Å². The Morgan fingerprint density at radius 1 is 1.03 bits per heavy atom. The zero-order valence-corrected chi connectivity index (χ0v) is 19.8. The lowest BCUT2D eigenvalue weighted by Gasteiger charge is -2.09. The minimum absolute atomic E-state index is 0.0922. The predicted molar refractivity (Wildman–Crippen MR) is 139 cm³/mol. The minimum Gasteiger partial charge on any atom is -0.397 e. The fourth-order valence-electron chi connectivity index (χ4n) is 3.58. The van der Waals surface area contributed by atoms with Crippen LogP contribution in [0.15, 0.2) is 60.0 Å². The monoisotopic (exact) mass is 502 g/mol. The van der Waals surface area contributed by atoms with Crippen LogP contribution in [-0.4, -0.2) is 15.9 Å². The van der Waals surface area contributed by atoms with Gasteiger partial charge in [0.25, 0.3) is 5.91 Å². The molecule has 0 atom stereocenters. The number of aromatic nitrogens is 2. The molecule has 0 unspecified atom stereocenters. The number of pyridine rings is 1. The highest BCUT2D eigenvalue weighted by Crippen LogP contribution is 2.42. The first-order valence-corrected chi connectivity index (χ1v) is 12.0. The molecular formula is C24H15ClN6OS2. The van der Waals surface area contributed by atoms with E-state index in [1.165, 1.54) is 11.3 Å². The molecule has 3 heterocycles. The largest absolute Gasteiger partial charge is 0.397 e. The lowest BCUT2D eigenvalue weighted by Crippen LogP contribution is -2.11. The standard InChI is InChI=1S/C24H15ClN6OS2/c25-14-8-6-12(7-9-14)16-11-33-24(29-16)31-22(32)20-19(27)18-17(13-4-2-1-3-5-13)15(10-26)21(28)30-23(18)34-20/h1-9,11H,27H2,(H2,28,30)(H,29,31,32). The topological polar surface area (TPSA) is 131 Å². The Morgan fingerprint density at radius 2 is 1.76 bits per heavy atom. The summed E-state index contributed by atoms with van der Waals surface area (Å²) in [6.45, 7) is 0. The number of thiophene rings is 1. The molecule has 0 aliphatic rings. The van der Waals surface area contributed by atoms with Gasteiger partial charge in [0.2, 0.25) is 0 Å². The van der Waals surface area contributed by atoms with E-state index in [-0.39, 0.29) is 21.9 Å². The molecule has 0 aliphatic carbocycles. The van der Waals surface area contributed by atoms with Gasteiger partial charge in [-0.1, -0.05) is 54.1 Å². The van der Waals surface area contributed by atoms with Crippen LogP contribution < -0.4 is 16.8 Å². The SMILES string of the molecule is N#Cc1c(N)nc2sc(C(=O)Nc3nc(-c4ccc(Cl)cc4)cs3)c(N)c2c1-c1ccccc1. The molecule has 0 radical (unpaired) electrons. The summed E-state index contributed by atoms with van der Waals surface area (Å²) in [5.41, 5.74) is 15.9. The van der Waals surface area contributed by atoms with Crippen molar-refractivity contribution in [2.45, 2.75) is 0 Å². The highest BCUT2D eigenvalue weighted by Gasteiger charge is 2.24. The molecule has 5 aromatic rings. The quantitative estimate of drug-likeness (QED) is 0.275. The molecule has 5 N–H and O–H groups in total. The second kappa shape index (κ2) is 8.76. The van der Waals surface area contributed by atoms with Crippen LogP contribution in [0, 0.1) is 11.3 Å². The number of nitrogen functional groups attached to an aromatic ring is 2. The zero-order valence-electron chi connectivity index (χ0n) is 17.4. The molecule has 10 heteroatoms. The van der Waals surface area contributed by atoms with Crippen molar-refractivity contribution >= 4 is 67.0 Å². The van der Waals surface area contributed by atoms with Crippen molar-refractivity contribution < 1.29 is 4.79 Å². The summed E-state index contributed by atoms with van der Waals surface area (Å²) in [7, 11) is 0. The Bertz CT molecular complexity index is 1590. The molecule has 166 valence electrons. The first-order chi connectivity index (χ1) is 16.5. The molecule has 5 rings (SSSR count). The van der Waals surface area contributed by atoms with Gasteiger partial charge in [0, 0.05) is 26.9 Å². The number of benzene rings is 2. The number of rotatable bonds is 4. The average Bonchev–Trinajstić information content (AvgIpc) is 3.43. The Hall–Kier alpha value is -3.97. The number of carbonyl (C=O) groups excluding carboxylic acids is 1. The smallest absolute Gasteiger partial charge is 0.269 e. The summed E-state index contributed by atoms with van der Waals surface area (Å²) < 4.78 is 0. The van der Waals surface area contributed by atoms with Gasteiger partial charge in [0.1, 0.15) is 27.2 Å². The summed E-state index contributed by atoms with van der Waals surface area (Å²) in [6.07, 6.45) is 0. The van der Waals surface area contributed by atoms with Crippen molar-refractivity contribution in [3.63, 3.8) is 0 Å². The zero-order chi connectivity index (χ0) is 23.8. The highest BCUT2D eigenvalue weighted by atomic mass is 35.5. The van der Waals surface area contributed by atoms with Crippen LogP contribution in [0.1, 0.15) is 15.2 Å². The Balaban J connectivity index is 1.54. The first kappa shape index (κ1) is 21.9. The average molecular weight is 503 g/mol. The van der Waals surface area contributed by atoms with E-state index in [9.17, 15) is 10.1 Å². The van der Waals surface area contributed by atoms with E-state index in [4.69, 9.17) is 23.1 Å². The molecule has 0 fully saturated rings. The van der Waals surface area contributed by atoms with Gasteiger partial charge in [-0.05, 0) is 17.7 Å². The summed E-state index contributed by atoms with van der Waals surface area (Å²) in [4.78, 5) is 22.7. The number of anilines is 3. The number of nitrogens with zero attached hydrogens (tertiary/aromatic N) is 3. The third-order valence-corrected chi connectivity index (χ3v) is 7.26. The van der Waals surface area contributed by atoms with Gasteiger partial charge in [-0.25, -0.2) is 9.97 Å². The molecule has 0 bridgehead atoms. The van der Waals surface area contributed by atoms with E-state index in [0.717, 1.165) is 28.2 Å². The summed E-state index contributed by atoms with van der Waals surface area (Å²) in [5, 5.41) is 16.0.